The molecule has 0 aromatic heterocycles. The maximum absolute atomic E-state index is 8.83. The molecule has 0 saturated carbocycles. The van der Waals surface area contributed by atoms with Crippen molar-refractivity contribution in [2.45, 2.75) is 11.5 Å². The number of para-hydroxylation sites is 2. The molecule has 106 valence electrons. The molecule has 0 aliphatic carbocycles. The third-order valence-corrected chi connectivity index (χ3v) is 3.61. The lowest BCUT2D eigenvalue weighted by Crippen LogP contribution is -2.04. The van der Waals surface area contributed by atoms with Crippen LogP contribution in [-0.2, 0) is 6.61 Å². The van der Waals surface area contributed by atoms with Crippen LogP contribution in [0.2, 0.25) is 0 Å². The molecule has 0 bridgehead atoms. The van der Waals surface area contributed by atoms with Crippen molar-refractivity contribution in [3.8, 4) is 11.5 Å². The fraction of sp³-hybridized carbons (Fsp3) is 0.250. The van der Waals surface area contributed by atoms with Gasteiger partial charge in [-0.05, 0) is 24.5 Å². The average Bonchev–Trinajstić information content (AvgIpc) is 2.52. The Hall–Kier alpha value is -1.65. The van der Waals surface area contributed by atoms with Gasteiger partial charge in [0.05, 0.1) is 6.61 Å². The molecule has 1 N–H and O–H groups in total. The van der Waals surface area contributed by atoms with Crippen molar-refractivity contribution in [1.82, 2.24) is 0 Å². The van der Waals surface area contributed by atoms with Crippen LogP contribution < -0.4 is 9.47 Å². The summed E-state index contributed by atoms with van der Waals surface area (Å²) in [6.45, 7) is 0.752. The van der Waals surface area contributed by atoms with Crippen molar-refractivity contribution in [1.29, 1.82) is 0 Å². The SMILES string of the molecule is CSc1ccccc1COc1ccccc1OCCO. The van der Waals surface area contributed by atoms with Crippen molar-refractivity contribution < 1.29 is 14.6 Å². The van der Waals surface area contributed by atoms with Gasteiger partial charge in [-0.3, -0.25) is 0 Å². The van der Waals surface area contributed by atoms with E-state index in [1.54, 1.807) is 11.8 Å². The number of hydrogen-bond acceptors (Lipinski definition) is 4. The number of hydrogen-bond donors (Lipinski definition) is 1. The molecule has 0 saturated heterocycles. The third-order valence-electron chi connectivity index (χ3n) is 2.77. The van der Waals surface area contributed by atoms with Crippen molar-refractivity contribution in [2.75, 3.05) is 19.5 Å². The Kier molecular flexibility index (Phi) is 5.77. The van der Waals surface area contributed by atoms with Crippen molar-refractivity contribution in [3.05, 3.63) is 54.1 Å². The highest BCUT2D eigenvalue weighted by atomic mass is 32.2. The first-order valence-corrected chi connectivity index (χ1v) is 7.65. The molecule has 0 aliphatic heterocycles. The molecule has 0 fully saturated rings. The number of ether oxygens (including phenoxy) is 2. The van der Waals surface area contributed by atoms with E-state index >= 15 is 0 Å². The van der Waals surface area contributed by atoms with E-state index in [9.17, 15) is 0 Å². The van der Waals surface area contributed by atoms with Gasteiger partial charge in [0, 0.05) is 10.5 Å². The van der Waals surface area contributed by atoms with Crippen LogP contribution in [-0.4, -0.2) is 24.6 Å². The first-order valence-electron chi connectivity index (χ1n) is 6.42. The minimum Gasteiger partial charge on any atom is -0.487 e. The minimum atomic E-state index is -0.0103. The monoisotopic (exact) mass is 290 g/mol. The van der Waals surface area contributed by atoms with Crippen LogP contribution >= 0.6 is 11.8 Å². The number of rotatable bonds is 7. The molecule has 0 spiro atoms. The highest BCUT2D eigenvalue weighted by Gasteiger charge is 2.06. The molecule has 0 atom stereocenters. The third kappa shape index (κ3) is 3.92. The molecular formula is C16H18O3S. The van der Waals surface area contributed by atoms with Gasteiger partial charge in [0.25, 0.3) is 0 Å². The molecule has 2 rings (SSSR count). The largest absolute Gasteiger partial charge is 0.487 e. The van der Waals surface area contributed by atoms with Crippen LogP contribution in [0.5, 0.6) is 11.5 Å². The highest BCUT2D eigenvalue weighted by molar-refractivity contribution is 7.98. The van der Waals surface area contributed by atoms with Gasteiger partial charge >= 0.3 is 0 Å². The summed E-state index contributed by atoms with van der Waals surface area (Å²) < 4.78 is 11.3. The fourth-order valence-corrected chi connectivity index (χ4v) is 2.43. The standard InChI is InChI=1S/C16H18O3S/c1-20-16-9-5-2-6-13(16)12-19-15-8-4-3-7-14(15)18-11-10-17/h2-9,17H,10-12H2,1H3. The second kappa shape index (κ2) is 7.82. The summed E-state index contributed by atoms with van der Waals surface area (Å²) in [5.41, 5.74) is 1.15. The Morgan fingerprint density at radius 3 is 2.30 bits per heavy atom. The summed E-state index contributed by atoms with van der Waals surface area (Å²) in [5, 5.41) is 8.83. The highest BCUT2D eigenvalue weighted by Crippen LogP contribution is 2.28. The second-order valence-corrected chi connectivity index (χ2v) is 4.97. The quantitative estimate of drug-likeness (QED) is 0.794. The Bertz CT molecular complexity index is 543. The summed E-state index contributed by atoms with van der Waals surface area (Å²) in [6, 6.07) is 15.7. The Balaban J connectivity index is 2.06. The van der Waals surface area contributed by atoms with Crippen LogP contribution in [0.4, 0.5) is 0 Å². The van der Waals surface area contributed by atoms with E-state index in [2.05, 4.69) is 18.4 Å². The van der Waals surface area contributed by atoms with Gasteiger partial charge in [-0.2, -0.15) is 0 Å². The Morgan fingerprint density at radius 2 is 1.60 bits per heavy atom. The van der Waals surface area contributed by atoms with Crippen LogP contribution in [0.1, 0.15) is 5.56 Å². The zero-order valence-electron chi connectivity index (χ0n) is 11.4. The van der Waals surface area contributed by atoms with E-state index in [1.165, 1.54) is 4.90 Å². The van der Waals surface area contributed by atoms with Gasteiger partial charge in [0.2, 0.25) is 0 Å². The first kappa shape index (κ1) is 14.8. The summed E-state index contributed by atoms with van der Waals surface area (Å²) in [5.74, 6) is 1.35. The van der Waals surface area contributed by atoms with Crippen LogP contribution in [0.3, 0.4) is 0 Å². The van der Waals surface area contributed by atoms with Gasteiger partial charge in [0.15, 0.2) is 11.5 Å². The summed E-state index contributed by atoms with van der Waals surface area (Å²) in [6.07, 6.45) is 2.05. The van der Waals surface area contributed by atoms with Crippen LogP contribution in [0.25, 0.3) is 0 Å². The van der Waals surface area contributed by atoms with E-state index in [1.807, 2.05) is 36.4 Å². The van der Waals surface area contributed by atoms with E-state index < -0.39 is 0 Å². The van der Waals surface area contributed by atoms with Gasteiger partial charge in [-0.25, -0.2) is 0 Å². The smallest absolute Gasteiger partial charge is 0.161 e. The molecule has 3 nitrogen and oxygen atoms in total. The average molecular weight is 290 g/mol. The van der Waals surface area contributed by atoms with E-state index in [-0.39, 0.29) is 13.2 Å². The lowest BCUT2D eigenvalue weighted by molar-refractivity contribution is 0.192. The molecule has 0 unspecified atom stereocenters. The van der Waals surface area contributed by atoms with E-state index in [0.29, 0.717) is 18.1 Å². The Labute approximate surface area is 123 Å². The van der Waals surface area contributed by atoms with Crippen molar-refractivity contribution >= 4 is 11.8 Å². The number of aliphatic hydroxyl groups is 1. The Morgan fingerprint density at radius 1 is 0.950 bits per heavy atom. The van der Waals surface area contributed by atoms with Gasteiger partial charge < -0.3 is 14.6 Å². The number of thioether (sulfide) groups is 1. The molecule has 0 heterocycles. The molecule has 4 heteroatoms. The fourth-order valence-electron chi connectivity index (χ4n) is 1.82. The minimum absolute atomic E-state index is 0.0103. The first-order chi connectivity index (χ1) is 9.85. The molecule has 0 radical (unpaired) electrons. The summed E-state index contributed by atoms with van der Waals surface area (Å²) in [7, 11) is 0. The van der Waals surface area contributed by atoms with Crippen molar-refractivity contribution in [2.24, 2.45) is 0 Å². The predicted octanol–water partition coefficient (Wildman–Crippen LogP) is 3.36. The number of benzene rings is 2. The lowest BCUT2D eigenvalue weighted by Gasteiger charge is -2.13. The lowest BCUT2D eigenvalue weighted by atomic mass is 10.2. The topological polar surface area (TPSA) is 38.7 Å². The second-order valence-electron chi connectivity index (χ2n) is 4.12. The maximum atomic E-state index is 8.83. The van der Waals surface area contributed by atoms with Gasteiger partial charge in [-0.15, -0.1) is 11.8 Å². The van der Waals surface area contributed by atoms with Crippen molar-refractivity contribution in [3.63, 3.8) is 0 Å². The summed E-state index contributed by atoms with van der Waals surface area (Å²) >= 11 is 1.70. The van der Waals surface area contributed by atoms with Gasteiger partial charge in [0.1, 0.15) is 13.2 Å². The molecule has 0 amide bonds. The van der Waals surface area contributed by atoms with Crippen LogP contribution in [0, 0.1) is 0 Å². The number of aliphatic hydroxyl groups excluding tert-OH is 1. The molecular weight excluding hydrogens is 272 g/mol. The predicted molar refractivity (Wildman–Crippen MR) is 81.6 cm³/mol. The molecule has 2 aromatic carbocycles. The summed E-state index contributed by atoms with van der Waals surface area (Å²) in [4.78, 5) is 1.21. The molecule has 20 heavy (non-hydrogen) atoms. The normalized spacial score (nSPS) is 10.3. The maximum Gasteiger partial charge on any atom is 0.161 e. The van der Waals surface area contributed by atoms with E-state index in [0.717, 1.165) is 5.56 Å². The molecule has 2 aromatic rings. The zero-order valence-corrected chi connectivity index (χ0v) is 12.2. The van der Waals surface area contributed by atoms with Crippen LogP contribution in [0.15, 0.2) is 53.4 Å². The zero-order chi connectivity index (χ0) is 14.2. The molecule has 0 aliphatic rings. The van der Waals surface area contributed by atoms with E-state index in [4.69, 9.17) is 14.6 Å². The van der Waals surface area contributed by atoms with Gasteiger partial charge in [-0.1, -0.05) is 30.3 Å².